The molecule has 0 spiro atoms. The van der Waals surface area contributed by atoms with Crippen LogP contribution in [0.5, 0.6) is 5.75 Å². The van der Waals surface area contributed by atoms with Gasteiger partial charge in [0.05, 0.1) is 12.5 Å². The maximum atomic E-state index is 13.0. The van der Waals surface area contributed by atoms with Crippen LogP contribution < -0.4 is 10.1 Å². The number of amides is 1. The number of benzene rings is 3. The van der Waals surface area contributed by atoms with Crippen molar-refractivity contribution in [3.8, 4) is 5.75 Å². The van der Waals surface area contributed by atoms with Gasteiger partial charge in [0.25, 0.3) is 0 Å². The summed E-state index contributed by atoms with van der Waals surface area (Å²) >= 11 is 0. The molecule has 1 atom stereocenters. The number of carbonyl (C=O) groups excluding carboxylic acids is 1. The van der Waals surface area contributed by atoms with Crippen molar-refractivity contribution in [1.82, 2.24) is 10.3 Å². The lowest BCUT2D eigenvalue weighted by Crippen LogP contribution is -2.31. The molecule has 0 aliphatic carbocycles. The Morgan fingerprint density at radius 2 is 1.68 bits per heavy atom. The van der Waals surface area contributed by atoms with Crippen LogP contribution in [0.1, 0.15) is 45.1 Å². The van der Waals surface area contributed by atoms with E-state index in [0.717, 1.165) is 33.7 Å². The highest BCUT2D eigenvalue weighted by atomic mass is 16.5. The Bertz CT molecular complexity index is 1250. The van der Waals surface area contributed by atoms with Gasteiger partial charge in [-0.1, -0.05) is 72.3 Å². The number of rotatable bonds is 8. The maximum Gasteiger partial charge on any atom is 0.225 e. The molecule has 3 aromatic carbocycles. The predicted octanol–water partition coefficient (Wildman–Crippen LogP) is 6.03. The molecule has 4 aromatic rings. The van der Waals surface area contributed by atoms with Gasteiger partial charge in [-0.3, -0.25) is 9.78 Å². The third kappa shape index (κ3) is 5.90. The van der Waals surface area contributed by atoms with Crippen LogP contribution in [0.4, 0.5) is 0 Å². The highest BCUT2D eigenvalue weighted by Gasteiger charge is 2.19. The van der Waals surface area contributed by atoms with Crippen molar-refractivity contribution in [3.63, 3.8) is 0 Å². The molecule has 4 heteroatoms. The van der Waals surface area contributed by atoms with Gasteiger partial charge in [0.15, 0.2) is 0 Å². The van der Waals surface area contributed by atoms with E-state index in [1.165, 1.54) is 11.1 Å². The fourth-order valence-electron chi connectivity index (χ4n) is 4.07. The van der Waals surface area contributed by atoms with Gasteiger partial charge in [0.2, 0.25) is 5.91 Å². The second-order valence-corrected chi connectivity index (χ2v) is 8.63. The molecule has 0 aliphatic heterocycles. The first-order valence-corrected chi connectivity index (χ1v) is 11.5. The fraction of sp³-hybridized carbons (Fsp3) is 0.200. The maximum absolute atomic E-state index is 13.0. The number of hydrogen-bond donors (Lipinski definition) is 1. The summed E-state index contributed by atoms with van der Waals surface area (Å²) in [6.07, 6.45) is 2.08. The summed E-state index contributed by atoms with van der Waals surface area (Å²) in [6, 6.07) is 27.9. The van der Waals surface area contributed by atoms with Crippen LogP contribution in [0.2, 0.25) is 0 Å². The Kier molecular flexibility index (Phi) is 7.38. The van der Waals surface area contributed by atoms with Gasteiger partial charge < -0.3 is 10.1 Å². The number of nitrogens with zero attached hydrogens (tertiary/aromatic N) is 1. The minimum absolute atomic E-state index is 0.0199. The fourth-order valence-corrected chi connectivity index (χ4v) is 4.07. The van der Waals surface area contributed by atoms with E-state index in [4.69, 9.17) is 4.74 Å². The van der Waals surface area contributed by atoms with Crippen molar-refractivity contribution < 1.29 is 9.53 Å². The standard InChI is InChI=1S/C30H30N2O2/c1-21-11-16-28(22(2)18-21)30(25-8-5-4-6-9-25)32-29(33)19-24-12-14-27(15-13-24)34-20-26-10-7-17-31-23(26)3/h4-18,30H,19-20H2,1-3H3,(H,32,33). The minimum Gasteiger partial charge on any atom is -0.489 e. The van der Waals surface area contributed by atoms with Gasteiger partial charge in [0, 0.05) is 17.5 Å². The van der Waals surface area contributed by atoms with Crippen molar-refractivity contribution in [1.29, 1.82) is 0 Å². The zero-order valence-corrected chi connectivity index (χ0v) is 19.9. The third-order valence-corrected chi connectivity index (χ3v) is 5.97. The van der Waals surface area contributed by atoms with E-state index in [2.05, 4.69) is 54.5 Å². The van der Waals surface area contributed by atoms with Crippen molar-refractivity contribution in [2.45, 2.75) is 39.8 Å². The summed E-state index contributed by atoms with van der Waals surface area (Å²) in [5, 5.41) is 3.25. The van der Waals surface area contributed by atoms with Crippen LogP contribution in [-0.2, 0) is 17.8 Å². The number of carbonyl (C=O) groups is 1. The number of aromatic nitrogens is 1. The zero-order valence-electron chi connectivity index (χ0n) is 19.9. The van der Waals surface area contributed by atoms with E-state index in [9.17, 15) is 4.79 Å². The number of aryl methyl sites for hydroxylation is 3. The van der Waals surface area contributed by atoms with Crippen LogP contribution in [0, 0.1) is 20.8 Å². The number of nitrogens with one attached hydrogen (secondary N) is 1. The third-order valence-electron chi connectivity index (χ3n) is 5.97. The molecule has 0 bridgehead atoms. The van der Waals surface area contributed by atoms with E-state index in [1.54, 1.807) is 6.20 Å². The van der Waals surface area contributed by atoms with E-state index >= 15 is 0 Å². The summed E-state index contributed by atoms with van der Waals surface area (Å²) in [7, 11) is 0. The summed E-state index contributed by atoms with van der Waals surface area (Å²) in [5.41, 5.74) is 7.52. The average molecular weight is 451 g/mol. The first-order valence-electron chi connectivity index (χ1n) is 11.5. The molecule has 1 heterocycles. The SMILES string of the molecule is Cc1ccc(C(NC(=O)Cc2ccc(OCc3cccnc3C)cc2)c2ccccc2)c(C)c1. The molecule has 0 radical (unpaired) electrons. The summed E-state index contributed by atoms with van der Waals surface area (Å²) in [5.74, 6) is 0.748. The Morgan fingerprint density at radius 3 is 2.38 bits per heavy atom. The molecule has 0 aliphatic rings. The van der Waals surface area contributed by atoms with E-state index < -0.39 is 0 Å². The highest BCUT2D eigenvalue weighted by molar-refractivity contribution is 5.79. The first-order chi connectivity index (χ1) is 16.5. The lowest BCUT2D eigenvalue weighted by molar-refractivity contribution is -0.120. The number of pyridine rings is 1. The molecule has 4 rings (SSSR count). The molecular weight excluding hydrogens is 420 g/mol. The van der Waals surface area contributed by atoms with Crippen LogP contribution in [0.25, 0.3) is 0 Å². The first kappa shape index (κ1) is 23.2. The highest BCUT2D eigenvalue weighted by Crippen LogP contribution is 2.26. The molecule has 0 saturated heterocycles. The van der Waals surface area contributed by atoms with Gasteiger partial charge in [-0.2, -0.15) is 0 Å². The second kappa shape index (κ2) is 10.8. The topological polar surface area (TPSA) is 51.2 Å². The molecule has 0 saturated carbocycles. The van der Waals surface area contributed by atoms with E-state index in [1.807, 2.05) is 61.5 Å². The molecular formula is C30H30N2O2. The lowest BCUT2D eigenvalue weighted by atomic mass is 9.93. The molecule has 1 unspecified atom stereocenters. The largest absolute Gasteiger partial charge is 0.489 e. The Labute approximate surface area is 201 Å². The van der Waals surface area contributed by atoms with Crippen molar-refractivity contribution in [2.24, 2.45) is 0 Å². The van der Waals surface area contributed by atoms with Crippen LogP contribution >= 0.6 is 0 Å². The lowest BCUT2D eigenvalue weighted by Gasteiger charge is -2.22. The summed E-state index contributed by atoms with van der Waals surface area (Å²) in [6.45, 7) is 6.61. The average Bonchev–Trinajstić information content (AvgIpc) is 2.84. The smallest absolute Gasteiger partial charge is 0.225 e. The van der Waals surface area contributed by atoms with Gasteiger partial charge >= 0.3 is 0 Å². The van der Waals surface area contributed by atoms with Crippen molar-refractivity contribution in [2.75, 3.05) is 0 Å². The van der Waals surface area contributed by atoms with Gasteiger partial charge in [0.1, 0.15) is 12.4 Å². The van der Waals surface area contributed by atoms with Crippen LogP contribution in [-0.4, -0.2) is 10.9 Å². The molecule has 1 aromatic heterocycles. The molecule has 0 fully saturated rings. The van der Waals surface area contributed by atoms with E-state index in [0.29, 0.717) is 13.0 Å². The Hall–Kier alpha value is -3.92. The number of ether oxygens (including phenoxy) is 1. The number of hydrogen-bond acceptors (Lipinski definition) is 3. The van der Waals surface area contributed by atoms with Gasteiger partial charge in [-0.25, -0.2) is 0 Å². The molecule has 1 N–H and O–H groups in total. The quantitative estimate of drug-likeness (QED) is 0.356. The Morgan fingerprint density at radius 1 is 0.912 bits per heavy atom. The summed E-state index contributed by atoms with van der Waals surface area (Å²) < 4.78 is 5.90. The zero-order chi connectivity index (χ0) is 23.9. The Balaban J connectivity index is 1.43. The van der Waals surface area contributed by atoms with E-state index in [-0.39, 0.29) is 11.9 Å². The molecule has 1 amide bonds. The monoisotopic (exact) mass is 450 g/mol. The summed E-state index contributed by atoms with van der Waals surface area (Å²) in [4.78, 5) is 17.3. The molecule has 172 valence electrons. The van der Waals surface area contributed by atoms with Crippen LogP contribution in [0.3, 0.4) is 0 Å². The minimum atomic E-state index is -0.195. The molecule has 4 nitrogen and oxygen atoms in total. The van der Waals surface area contributed by atoms with Gasteiger partial charge in [-0.05, 0) is 61.2 Å². The van der Waals surface area contributed by atoms with Crippen molar-refractivity contribution >= 4 is 5.91 Å². The van der Waals surface area contributed by atoms with Gasteiger partial charge in [-0.15, -0.1) is 0 Å². The normalized spacial score (nSPS) is 11.6. The van der Waals surface area contributed by atoms with Crippen LogP contribution in [0.15, 0.2) is 91.1 Å². The molecule has 34 heavy (non-hydrogen) atoms. The second-order valence-electron chi connectivity index (χ2n) is 8.63. The predicted molar refractivity (Wildman–Crippen MR) is 136 cm³/mol. The van der Waals surface area contributed by atoms with Crippen molar-refractivity contribution in [3.05, 3.63) is 130 Å².